The highest BCUT2D eigenvalue weighted by Gasteiger charge is 2.30. The Morgan fingerprint density at radius 3 is 2.45 bits per heavy atom. The Kier molecular flexibility index (Phi) is 5.73. The topological polar surface area (TPSA) is 44.1 Å². The molecule has 1 aromatic heterocycles. The Hall–Kier alpha value is -3.26. The first kappa shape index (κ1) is 21.0. The molecule has 4 rings (SSSR count). The number of benzene rings is 3. The Morgan fingerprint density at radius 1 is 1.00 bits per heavy atom. The zero-order valence-corrected chi connectivity index (χ0v) is 17.2. The number of aromatic nitrogens is 2. The number of rotatable bonds is 5. The van der Waals surface area contributed by atoms with E-state index in [-0.39, 0.29) is 11.3 Å². The van der Waals surface area contributed by atoms with E-state index in [4.69, 9.17) is 4.74 Å². The number of alkyl halides is 3. The fraction of sp³-hybridized carbons (Fsp3) is 0.130. The van der Waals surface area contributed by atoms with Gasteiger partial charge in [0.05, 0.1) is 29.3 Å². The number of para-hydroxylation sites is 1. The van der Waals surface area contributed by atoms with Crippen LogP contribution in [-0.4, -0.2) is 16.7 Å². The number of fused-ring (bicyclic) bond motifs is 1. The van der Waals surface area contributed by atoms with E-state index >= 15 is 0 Å². The van der Waals surface area contributed by atoms with Crippen molar-refractivity contribution < 1.29 is 17.9 Å². The predicted molar refractivity (Wildman–Crippen MR) is 115 cm³/mol. The van der Waals surface area contributed by atoms with Gasteiger partial charge in [0.1, 0.15) is 5.75 Å². The van der Waals surface area contributed by atoms with Gasteiger partial charge in [-0.1, -0.05) is 42.1 Å². The van der Waals surface area contributed by atoms with E-state index in [2.05, 4.69) is 4.98 Å². The lowest BCUT2D eigenvalue weighted by Gasteiger charge is -2.14. The maximum absolute atomic E-state index is 13.2. The smallest absolute Gasteiger partial charge is 0.416 e. The number of nitrogens with zero attached hydrogens (tertiary/aromatic N) is 2. The van der Waals surface area contributed by atoms with Gasteiger partial charge in [-0.25, -0.2) is 4.98 Å². The van der Waals surface area contributed by atoms with Crippen molar-refractivity contribution in [2.75, 3.05) is 7.11 Å². The fourth-order valence-electron chi connectivity index (χ4n) is 3.15. The second-order valence-corrected chi connectivity index (χ2v) is 7.68. The van der Waals surface area contributed by atoms with Crippen LogP contribution in [0, 0.1) is 0 Å². The van der Waals surface area contributed by atoms with Gasteiger partial charge < -0.3 is 4.74 Å². The monoisotopic (exact) mass is 442 g/mol. The van der Waals surface area contributed by atoms with Crippen molar-refractivity contribution in [2.45, 2.75) is 17.1 Å². The van der Waals surface area contributed by atoms with Gasteiger partial charge in [-0.05, 0) is 48.0 Å². The summed E-state index contributed by atoms with van der Waals surface area (Å²) in [5.74, 6) is 0.869. The summed E-state index contributed by atoms with van der Waals surface area (Å²) >= 11 is 1.21. The van der Waals surface area contributed by atoms with Crippen LogP contribution in [0.1, 0.15) is 11.1 Å². The summed E-state index contributed by atoms with van der Waals surface area (Å²) in [7, 11) is 1.55. The quantitative estimate of drug-likeness (QED) is 0.294. The minimum atomic E-state index is -4.41. The Balaban J connectivity index is 1.77. The van der Waals surface area contributed by atoms with Gasteiger partial charge in [-0.3, -0.25) is 9.36 Å². The number of thioether (sulfide) groups is 1. The van der Waals surface area contributed by atoms with Gasteiger partial charge in [0.15, 0.2) is 5.16 Å². The molecule has 0 unspecified atom stereocenters. The van der Waals surface area contributed by atoms with Gasteiger partial charge in [0.25, 0.3) is 5.56 Å². The molecule has 1 heterocycles. The molecular weight excluding hydrogens is 425 g/mol. The molecule has 0 bridgehead atoms. The first-order valence-corrected chi connectivity index (χ1v) is 10.3. The lowest BCUT2D eigenvalue weighted by Crippen LogP contribution is -2.21. The van der Waals surface area contributed by atoms with Crippen LogP contribution in [0.2, 0.25) is 0 Å². The van der Waals surface area contributed by atoms with E-state index in [1.165, 1.54) is 22.4 Å². The summed E-state index contributed by atoms with van der Waals surface area (Å²) in [6, 6.07) is 19.1. The fourth-order valence-corrected chi connectivity index (χ4v) is 4.11. The molecule has 158 valence electrons. The molecular formula is C23H17F3N2O2S. The first-order valence-electron chi connectivity index (χ1n) is 9.32. The van der Waals surface area contributed by atoms with Crippen LogP contribution in [-0.2, 0) is 11.9 Å². The van der Waals surface area contributed by atoms with Crippen LogP contribution in [0.4, 0.5) is 13.2 Å². The average molecular weight is 442 g/mol. The Morgan fingerprint density at radius 2 is 1.74 bits per heavy atom. The van der Waals surface area contributed by atoms with Crippen molar-refractivity contribution in [3.8, 4) is 11.4 Å². The molecule has 0 radical (unpaired) electrons. The highest BCUT2D eigenvalue weighted by atomic mass is 32.2. The van der Waals surface area contributed by atoms with Crippen LogP contribution in [0.15, 0.2) is 82.7 Å². The van der Waals surface area contributed by atoms with Crippen molar-refractivity contribution in [1.82, 2.24) is 9.55 Å². The van der Waals surface area contributed by atoms with Crippen molar-refractivity contribution in [2.24, 2.45) is 0 Å². The number of halogens is 3. The van der Waals surface area contributed by atoms with E-state index in [0.717, 1.165) is 12.1 Å². The molecule has 3 aromatic carbocycles. The molecule has 31 heavy (non-hydrogen) atoms. The third-order valence-electron chi connectivity index (χ3n) is 4.70. The third kappa shape index (κ3) is 4.44. The summed E-state index contributed by atoms with van der Waals surface area (Å²) < 4.78 is 45.7. The molecule has 0 aliphatic rings. The van der Waals surface area contributed by atoms with E-state index in [1.54, 1.807) is 61.7 Å². The number of hydrogen-bond acceptors (Lipinski definition) is 4. The van der Waals surface area contributed by atoms with Gasteiger partial charge >= 0.3 is 6.18 Å². The third-order valence-corrected chi connectivity index (χ3v) is 5.71. The molecule has 0 fully saturated rings. The SMILES string of the molecule is COc1ccc(-n2c(SCc3cccc(C(F)(F)F)c3)nc3ccccc3c2=O)cc1. The molecule has 0 aliphatic heterocycles. The minimum absolute atomic E-state index is 0.227. The van der Waals surface area contributed by atoms with Crippen LogP contribution < -0.4 is 10.3 Å². The lowest BCUT2D eigenvalue weighted by molar-refractivity contribution is -0.137. The van der Waals surface area contributed by atoms with Crippen LogP contribution >= 0.6 is 11.8 Å². The Labute approximate surface area is 180 Å². The number of ether oxygens (including phenoxy) is 1. The van der Waals surface area contributed by atoms with E-state index in [0.29, 0.717) is 33.1 Å². The lowest BCUT2D eigenvalue weighted by atomic mass is 10.1. The van der Waals surface area contributed by atoms with Crippen LogP contribution in [0.3, 0.4) is 0 Å². The van der Waals surface area contributed by atoms with Gasteiger partial charge in [0.2, 0.25) is 0 Å². The molecule has 0 spiro atoms. The molecule has 0 atom stereocenters. The van der Waals surface area contributed by atoms with Crippen molar-refractivity contribution >= 4 is 22.7 Å². The highest BCUT2D eigenvalue weighted by Crippen LogP contribution is 2.31. The van der Waals surface area contributed by atoms with Crippen LogP contribution in [0.25, 0.3) is 16.6 Å². The molecule has 4 aromatic rings. The maximum Gasteiger partial charge on any atom is 0.416 e. The molecule has 8 heteroatoms. The van der Waals surface area contributed by atoms with Gasteiger partial charge in [0, 0.05) is 5.75 Å². The second-order valence-electron chi connectivity index (χ2n) is 6.74. The average Bonchev–Trinajstić information content (AvgIpc) is 2.77. The second kappa shape index (κ2) is 8.47. The summed E-state index contributed by atoms with van der Waals surface area (Å²) in [4.78, 5) is 17.8. The first-order chi connectivity index (χ1) is 14.9. The summed E-state index contributed by atoms with van der Waals surface area (Å²) in [5, 5.41) is 0.855. The standard InChI is InChI=1S/C23H17F3N2O2S/c1-30-18-11-9-17(10-12-18)28-21(29)19-7-2-3-8-20(19)27-22(28)31-14-15-5-4-6-16(13-15)23(24,25)26/h2-13H,14H2,1H3. The normalized spacial score (nSPS) is 11.6. The summed E-state index contributed by atoms with van der Waals surface area (Å²) in [6.07, 6.45) is -4.41. The number of hydrogen-bond donors (Lipinski definition) is 0. The summed E-state index contributed by atoms with van der Waals surface area (Å²) in [5.41, 5.74) is 0.662. The maximum atomic E-state index is 13.2. The van der Waals surface area contributed by atoms with E-state index in [9.17, 15) is 18.0 Å². The zero-order valence-electron chi connectivity index (χ0n) is 16.4. The molecule has 0 saturated heterocycles. The zero-order chi connectivity index (χ0) is 22.0. The van der Waals surface area contributed by atoms with Crippen LogP contribution in [0.5, 0.6) is 5.75 Å². The van der Waals surface area contributed by atoms with Gasteiger partial charge in [-0.2, -0.15) is 13.2 Å². The number of methoxy groups -OCH3 is 1. The predicted octanol–water partition coefficient (Wildman–Crippen LogP) is 5.71. The Bertz CT molecular complexity index is 1280. The molecule has 0 saturated carbocycles. The minimum Gasteiger partial charge on any atom is -0.497 e. The van der Waals surface area contributed by atoms with Gasteiger partial charge in [-0.15, -0.1) is 0 Å². The van der Waals surface area contributed by atoms with E-state index in [1.807, 2.05) is 0 Å². The molecule has 4 nitrogen and oxygen atoms in total. The summed E-state index contributed by atoms with van der Waals surface area (Å²) in [6.45, 7) is 0. The van der Waals surface area contributed by atoms with Crippen molar-refractivity contribution in [3.05, 3.63) is 94.3 Å². The van der Waals surface area contributed by atoms with E-state index < -0.39 is 11.7 Å². The van der Waals surface area contributed by atoms with Crippen molar-refractivity contribution in [3.63, 3.8) is 0 Å². The molecule has 0 aliphatic carbocycles. The molecule has 0 N–H and O–H groups in total. The largest absolute Gasteiger partial charge is 0.497 e. The molecule has 0 amide bonds. The highest BCUT2D eigenvalue weighted by molar-refractivity contribution is 7.98. The van der Waals surface area contributed by atoms with Crippen molar-refractivity contribution in [1.29, 1.82) is 0 Å².